The molecule has 1 aliphatic heterocycles. The van der Waals surface area contributed by atoms with Crippen molar-refractivity contribution in [2.45, 2.75) is 25.9 Å². The Kier molecular flexibility index (Phi) is 5.30. The summed E-state index contributed by atoms with van der Waals surface area (Å²) in [6, 6.07) is 8.04. The van der Waals surface area contributed by atoms with Crippen LogP contribution >= 0.6 is 0 Å². The van der Waals surface area contributed by atoms with E-state index < -0.39 is 0 Å². The van der Waals surface area contributed by atoms with E-state index in [-0.39, 0.29) is 6.10 Å². The lowest BCUT2D eigenvalue weighted by Gasteiger charge is -2.23. The van der Waals surface area contributed by atoms with Gasteiger partial charge in [0.2, 0.25) is 0 Å². The number of hydrogen-bond acceptors (Lipinski definition) is 4. The lowest BCUT2D eigenvalue weighted by atomic mass is 10.2. The molecule has 1 fully saturated rings. The average Bonchev–Trinajstić information content (AvgIpc) is 2.45. The van der Waals surface area contributed by atoms with Gasteiger partial charge < -0.3 is 19.5 Å². The second kappa shape index (κ2) is 7.24. The molecule has 0 saturated carbocycles. The summed E-state index contributed by atoms with van der Waals surface area (Å²) in [6.07, 6.45) is 2.22. The maximum atomic E-state index is 5.54. The first-order valence-corrected chi connectivity index (χ1v) is 6.54. The first-order valence-electron chi connectivity index (χ1n) is 6.54. The molecule has 1 aromatic carbocycles. The van der Waals surface area contributed by atoms with Gasteiger partial charge in [-0.15, -0.1) is 0 Å². The third-order valence-corrected chi connectivity index (χ3v) is 2.83. The number of hydrogen-bond donors (Lipinski definition) is 1. The van der Waals surface area contributed by atoms with Gasteiger partial charge in [-0.25, -0.2) is 0 Å². The molecule has 0 spiro atoms. The van der Waals surface area contributed by atoms with Crippen LogP contribution in [0.2, 0.25) is 0 Å². The summed E-state index contributed by atoms with van der Waals surface area (Å²) in [7, 11) is 0. The van der Waals surface area contributed by atoms with Crippen LogP contribution in [-0.2, 0) is 9.47 Å². The quantitative estimate of drug-likeness (QED) is 0.843. The maximum absolute atomic E-state index is 5.54. The normalized spacial score (nSPS) is 19.5. The number of nitrogens with one attached hydrogen (secondary N) is 1. The van der Waals surface area contributed by atoms with Gasteiger partial charge >= 0.3 is 0 Å². The second-order valence-electron chi connectivity index (χ2n) is 4.36. The van der Waals surface area contributed by atoms with Crippen LogP contribution < -0.4 is 10.1 Å². The first kappa shape index (κ1) is 13.2. The molecule has 18 heavy (non-hydrogen) atoms. The maximum Gasteiger partial charge on any atom is 0.147 e. The van der Waals surface area contributed by atoms with E-state index in [4.69, 9.17) is 14.2 Å². The Hall–Kier alpha value is -1.26. The summed E-state index contributed by atoms with van der Waals surface area (Å²) < 4.78 is 16.1. The summed E-state index contributed by atoms with van der Waals surface area (Å²) in [5, 5.41) is 3.36. The molecule has 4 heteroatoms. The number of anilines is 1. The fraction of sp³-hybridized carbons (Fsp3) is 0.571. The van der Waals surface area contributed by atoms with E-state index in [1.807, 2.05) is 24.3 Å². The molecule has 1 atom stereocenters. The molecule has 0 bridgehead atoms. The van der Waals surface area contributed by atoms with E-state index in [0.717, 1.165) is 44.0 Å². The molecule has 100 valence electrons. The smallest absolute Gasteiger partial charge is 0.147 e. The van der Waals surface area contributed by atoms with Gasteiger partial charge in [-0.2, -0.15) is 0 Å². The van der Waals surface area contributed by atoms with Gasteiger partial charge in [-0.3, -0.25) is 0 Å². The zero-order valence-electron chi connectivity index (χ0n) is 10.9. The van der Waals surface area contributed by atoms with Crippen molar-refractivity contribution >= 4 is 5.69 Å². The third-order valence-electron chi connectivity index (χ3n) is 2.83. The summed E-state index contributed by atoms with van der Waals surface area (Å²) >= 11 is 0. The molecule has 1 saturated heterocycles. The number of benzene rings is 1. The van der Waals surface area contributed by atoms with E-state index in [1.54, 1.807) is 0 Å². The fourth-order valence-electron chi connectivity index (χ4n) is 1.78. The molecule has 1 N–H and O–H groups in total. The van der Waals surface area contributed by atoms with Crippen LogP contribution in [0.25, 0.3) is 0 Å². The molecule has 1 aromatic rings. The van der Waals surface area contributed by atoms with Gasteiger partial charge in [0.1, 0.15) is 12.5 Å². The van der Waals surface area contributed by atoms with Crippen molar-refractivity contribution in [3.63, 3.8) is 0 Å². The molecule has 0 aromatic heterocycles. The van der Waals surface area contributed by atoms with Crippen LogP contribution in [0, 0.1) is 0 Å². The summed E-state index contributed by atoms with van der Waals surface area (Å²) in [5.41, 5.74) is 1.09. The summed E-state index contributed by atoms with van der Waals surface area (Å²) in [4.78, 5) is 0. The minimum absolute atomic E-state index is 0.245. The topological polar surface area (TPSA) is 39.7 Å². The Morgan fingerprint density at radius 1 is 1.33 bits per heavy atom. The Morgan fingerprint density at radius 3 is 2.83 bits per heavy atom. The monoisotopic (exact) mass is 251 g/mol. The van der Waals surface area contributed by atoms with Crippen LogP contribution in [0.1, 0.15) is 19.8 Å². The van der Waals surface area contributed by atoms with Crippen molar-refractivity contribution < 1.29 is 14.2 Å². The van der Waals surface area contributed by atoms with Gasteiger partial charge in [-0.1, -0.05) is 6.92 Å². The van der Waals surface area contributed by atoms with Crippen LogP contribution in [0.15, 0.2) is 24.3 Å². The molecular weight excluding hydrogens is 230 g/mol. The number of ether oxygens (including phenoxy) is 3. The standard InChI is InChI=1S/C14H21NO3/c1-2-8-17-13-5-3-12(4-6-13)15-10-14-7-9-16-11-18-14/h3-6,14-15H,2,7-11H2,1H3. The van der Waals surface area contributed by atoms with E-state index in [9.17, 15) is 0 Å². The summed E-state index contributed by atoms with van der Waals surface area (Å²) in [6.45, 7) is 4.89. The fourth-order valence-corrected chi connectivity index (χ4v) is 1.78. The van der Waals surface area contributed by atoms with Gasteiger partial charge in [0.05, 0.1) is 19.3 Å². The van der Waals surface area contributed by atoms with Crippen molar-refractivity contribution in [3.8, 4) is 5.75 Å². The minimum Gasteiger partial charge on any atom is -0.494 e. The highest BCUT2D eigenvalue weighted by Gasteiger charge is 2.13. The molecule has 1 aliphatic rings. The Morgan fingerprint density at radius 2 is 2.17 bits per heavy atom. The van der Waals surface area contributed by atoms with E-state index in [2.05, 4.69) is 12.2 Å². The van der Waals surface area contributed by atoms with Gasteiger partial charge in [0.25, 0.3) is 0 Å². The Labute approximate surface area is 108 Å². The van der Waals surface area contributed by atoms with Crippen LogP contribution in [0.5, 0.6) is 5.75 Å². The molecular formula is C14H21NO3. The Balaban J connectivity index is 1.75. The van der Waals surface area contributed by atoms with E-state index in [1.165, 1.54) is 0 Å². The zero-order chi connectivity index (χ0) is 12.6. The predicted molar refractivity (Wildman–Crippen MR) is 71.0 cm³/mol. The lowest BCUT2D eigenvalue weighted by molar-refractivity contribution is -0.133. The molecule has 1 heterocycles. The van der Waals surface area contributed by atoms with Crippen molar-refractivity contribution in [2.24, 2.45) is 0 Å². The second-order valence-corrected chi connectivity index (χ2v) is 4.36. The predicted octanol–water partition coefficient (Wildman–Crippen LogP) is 2.65. The highest BCUT2D eigenvalue weighted by molar-refractivity contribution is 5.46. The first-order chi connectivity index (χ1) is 8.88. The highest BCUT2D eigenvalue weighted by atomic mass is 16.7. The minimum atomic E-state index is 0.245. The lowest BCUT2D eigenvalue weighted by Crippen LogP contribution is -2.30. The molecule has 0 amide bonds. The van der Waals surface area contributed by atoms with Crippen molar-refractivity contribution in [1.82, 2.24) is 0 Å². The van der Waals surface area contributed by atoms with E-state index >= 15 is 0 Å². The van der Waals surface area contributed by atoms with Crippen LogP contribution in [0.3, 0.4) is 0 Å². The molecule has 0 aliphatic carbocycles. The van der Waals surface area contributed by atoms with Crippen LogP contribution in [-0.4, -0.2) is 32.7 Å². The SMILES string of the molecule is CCCOc1ccc(NCC2CCOCO2)cc1. The van der Waals surface area contributed by atoms with Crippen molar-refractivity contribution in [3.05, 3.63) is 24.3 Å². The molecule has 2 rings (SSSR count). The van der Waals surface area contributed by atoms with Gasteiger partial charge in [0, 0.05) is 12.2 Å². The zero-order valence-corrected chi connectivity index (χ0v) is 10.9. The van der Waals surface area contributed by atoms with Crippen molar-refractivity contribution in [2.75, 3.05) is 31.9 Å². The molecule has 0 radical (unpaired) electrons. The Bertz CT molecular complexity index is 333. The third kappa shape index (κ3) is 4.20. The van der Waals surface area contributed by atoms with Gasteiger partial charge in [0.15, 0.2) is 0 Å². The summed E-state index contributed by atoms with van der Waals surface area (Å²) in [5.74, 6) is 0.921. The van der Waals surface area contributed by atoms with Gasteiger partial charge in [-0.05, 0) is 37.1 Å². The number of rotatable bonds is 6. The van der Waals surface area contributed by atoms with Crippen LogP contribution in [0.4, 0.5) is 5.69 Å². The molecule has 4 nitrogen and oxygen atoms in total. The molecule has 1 unspecified atom stereocenters. The van der Waals surface area contributed by atoms with E-state index in [0.29, 0.717) is 6.79 Å². The highest BCUT2D eigenvalue weighted by Crippen LogP contribution is 2.16. The largest absolute Gasteiger partial charge is 0.494 e. The van der Waals surface area contributed by atoms with Crippen molar-refractivity contribution in [1.29, 1.82) is 0 Å². The average molecular weight is 251 g/mol.